The van der Waals surface area contributed by atoms with E-state index in [2.05, 4.69) is 9.71 Å². The molecule has 1 aromatic heterocycles. The number of rotatable bonds is 6. The van der Waals surface area contributed by atoms with Crippen LogP contribution < -0.4 is 5.32 Å². The molecule has 1 aliphatic rings. The summed E-state index contributed by atoms with van der Waals surface area (Å²) in [4.78, 5) is 10.7. The molecule has 0 fully saturated rings. The van der Waals surface area contributed by atoms with E-state index >= 15 is 0 Å². The van der Waals surface area contributed by atoms with Crippen molar-refractivity contribution in [3.8, 4) is 0 Å². The van der Waals surface area contributed by atoms with Crippen LogP contribution in [0.15, 0.2) is 14.7 Å². The number of carbonyl (C=O) groups is 1. The van der Waals surface area contributed by atoms with Crippen molar-refractivity contribution >= 4 is 38.2 Å². The summed E-state index contributed by atoms with van der Waals surface area (Å²) in [5.41, 5.74) is 0.465. The van der Waals surface area contributed by atoms with Gasteiger partial charge in [-0.05, 0) is 5.38 Å². The molecular formula is C10H12N2O6S2. The molecule has 2 N–H and O–H groups in total. The largest absolute Gasteiger partial charge is 0.481 e. The summed E-state index contributed by atoms with van der Waals surface area (Å²) in [6.45, 7) is 0.121. The van der Waals surface area contributed by atoms with Gasteiger partial charge < -0.3 is 19.9 Å². The summed E-state index contributed by atoms with van der Waals surface area (Å²) in [6, 6.07) is 0. The highest BCUT2D eigenvalue weighted by Gasteiger charge is 2.30. The fourth-order valence-electron chi connectivity index (χ4n) is 1.65. The molecular weight excluding hydrogens is 308 g/mol. The van der Waals surface area contributed by atoms with Gasteiger partial charge in [-0.2, -0.15) is 8.42 Å². The molecule has 110 valence electrons. The van der Waals surface area contributed by atoms with Crippen molar-refractivity contribution in [1.29, 1.82) is 0 Å². The Morgan fingerprint density at radius 1 is 1.55 bits per heavy atom. The molecule has 0 saturated heterocycles. The third kappa shape index (κ3) is 3.15. The number of nitrogens with zero attached hydrogens (tertiary/aromatic N) is 1. The maximum absolute atomic E-state index is 12.1. The van der Waals surface area contributed by atoms with Crippen molar-refractivity contribution in [3.63, 3.8) is 0 Å². The minimum absolute atomic E-state index is 0.0349. The lowest BCUT2D eigenvalue weighted by Gasteiger charge is -2.14. The number of sulfonamides is 1. The summed E-state index contributed by atoms with van der Waals surface area (Å²) in [7, 11) is -2.45. The van der Waals surface area contributed by atoms with Gasteiger partial charge >= 0.3 is 5.97 Å². The third-order valence-electron chi connectivity index (χ3n) is 2.34. The maximum Gasteiger partial charge on any atom is 0.311 e. The van der Waals surface area contributed by atoms with Gasteiger partial charge in [0, 0.05) is 12.7 Å². The molecule has 0 aliphatic carbocycles. The van der Waals surface area contributed by atoms with E-state index in [1.54, 1.807) is 5.38 Å². The second-order valence-electron chi connectivity index (χ2n) is 3.88. The summed E-state index contributed by atoms with van der Waals surface area (Å²) >= 11 is 1.16. The van der Waals surface area contributed by atoms with Crippen LogP contribution in [0.2, 0.25) is 0 Å². The van der Waals surface area contributed by atoms with Crippen LogP contribution in [-0.2, 0) is 30.9 Å². The molecule has 1 aromatic rings. The molecule has 0 spiro atoms. The number of methoxy groups -OCH3 is 1. The van der Waals surface area contributed by atoms with E-state index in [1.165, 1.54) is 7.11 Å². The minimum Gasteiger partial charge on any atom is -0.481 e. The summed E-state index contributed by atoms with van der Waals surface area (Å²) in [5, 5.41) is 13.4. The number of nitrogens with one attached hydrogen (secondary N) is 1. The average molecular weight is 320 g/mol. The summed E-state index contributed by atoms with van der Waals surface area (Å²) in [5.74, 6) is -1.26. The molecule has 8 nitrogen and oxygen atoms in total. The number of carboxylic acid groups (broad SMARTS) is 1. The molecule has 0 atom stereocenters. The van der Waals surface area contributed by atoms with E-state index in [-0.39, 0.29) is 24.1 Å². The average Bonchev–Trinajstić information content (AvgIpc) is 2.72. The van der Waals surface area contributed by atoms with E-state index in [0.717, 1.165) is 11.3 Å². The van der Waals surface area contributed by atoms with Crippen LogP contribution >= 0.6 is 11.3 Å². The second-order valence-corrected chi connectivity index (χ2v) is 6.30. The fourth-order valence-corrected chi connectivity index (χ4v) is 4.27. The number of anilines is 1. The van der Waals surface area contributed by atoms with Crippen molar-refractivity contribution in [3.05, 3.63) is 10.9 Å². The lowest BCUT2D eigenvalue weighted by atomic mass is 10.3. The number of hydrogen-bond acceptors (Lipinski definition) is 7. The predicted molar refractivity (Wildman–Crippen MR) is 71.5 cm³/mol. The van der Waals surface area contributed by atoms with Gasteiger partial charge in [0.15, 0.2) is 0 Å². The molecule has 1 aliphatic heterocycles. The Morgan fingerprint density at radius 3 is 2.95 bits per heavy atom. The zero-order valence-corrected chi connectivity index (χ0v) is 12.1. The Balaban J connectivity index is 2.27. The first kappa shape index (κ1) is 14.9. The maximum atomic E-state index is 12.1. The van der Waals surface area contributed by atoms with Crippen LogP contribution in [0.3, 0.4) is 0 Å². The predicted octanol–water partition coefficient (Wildman–Crippen LogP) is 0.856. The molecule has 0 unspecified atom stereocenters. The van der Waals surface area contributed by atoms with Gasteiger partial charge in [-0.15, -0.1) is 15.7 Å². The first-order valence-corrected chi connectivity index (χ1v) is 7.75. The van der Waals surface area contributed by atoms with Crippen LogP contribution in [0, 0.1) is 0 Å². The van der Waals surface area contributed by atoms with Gasteiger partial charge in [-0.1, -0.05) is 0 Å². The Hall–Kier alpha value is -1.49. The van der Waals surface area contributed by atoms with Gasteiger partial charge in [0.05, 0.1) is 6.61 Å². The molecule has 0 amide bonds. The molecule has 0 aromatic carbocycles. The van der Waals surface area contributed by atoms with Gasteiger partial charge in [0.1, 0.15) is 28.9 Å². The quantitative estimate of drug-likeness (QED) is 0.590. The van der Waals surface area contributed by atoms with Crippen molar-refractivity contribution < 1.29 is 27.8 Å². The summed E-state index contributed by atoms with van der Waals surface area (Å²) < 4.78 is 37.5. The topological polar surface area (TPSA) is 114 Å². The fraction of sp³-hybridized carbons (Fsp3) is 0.400. The summed E-state index contributed by atoms with van der Waals surface area (Å²) in [6.07, 6.45) is -0.480. The number of ether oxygens (including phenoxy) is 2. The highest BCUT2D eigenvalue weighted by Crippen LogP contribution is 2.37. The van der Waals surface area contributed by atoms with Crippen LogP contribution in [0.5, 0.6) is 0 Å². The van der Waals surface area contributed by atoms with Crippen LogP contribution in [-0.4, -0.2) is 39.2 Å². The Labute approximate surface area is 119 Å². The lowest BCUT2D eigenvalue weighted by Crippen LogP contribution is -2.23. The SMILES string of the molecule is COCOCc1csc2c1S(=O)(=O)N=C(CC(=O)O)N2. The Bertz CT molecular complexity index is 649. The normalized spacial score (nSPS) is 16.1. The molecule has 0 bridgehead atoms. The zero-order valence-electron chi connectivity index (χ0n) is 10.5. The van der Waals surface area contributed by atoms with Gasteiger partial charge in [-0.3, -0.25) is 4.79 Å². The number of aliphatic carboxylic acids is 1. The molecule has 0 radical (unpaired) electrons. The van der Waals surface area contributed by atoms with Crippen LogP contribution in [0.1, 0.15) is 12.0 Å². The molecule has 0 saturated carbocycles. The molecule has 2 heterocycles. The number of carboxylic acids is 1. The van der Waals surface area contributed by atoms with E-state index in [4.69, 9.17) is 14.6 Å². The number of amidine groups is 1. The van der Waals surface area contributed by atoms with Crippen molar-refractivity contribution in [2.75, 3.05) is 19.2 Å². The second kappa shape index (κ2) is 5.87. The van der Waals surface area contributed by atoms with Crippen molar-refractivity contribution in [1.82, 2.24) is 0 Å². The van der Waals surface area contributed by atoms with Crippen molar-refractivity contribution in [2.45, 2.75) is 17.9 Å². The third-order valence-corrected chi connectivity index (χ3v) is 4.86. The van der Waals surface area contributed by atoms with Crippen LogP contribution in [0.4, 0.5) is 5.00 Å². The van der Waals surface area contributed by atoms with Gasteiger partial charge in [0.2, 0.25) is 0 Å². The van der Waals surface area contributed by atoms with Gasteiger partial charge in [-0.25, -0.2) is 0 Å². The Kier molecular flexibility index (Phi) is 4.38. The number of fused-ring (bicyclic) bond motifs is 1. The minimum atomic E-state index is -3.91. The first-order valence-electron chi connectivity index (χ1n) is 5.43. The standard InChI is InChI=1S/C10H12N2O6S2/c1-17-5-18-3-6-4-19-10-9(6)20(15,16)12-7(11-10)2-8(13)14/h4H,2-3,5H2,1H3,(H,11,12)(H,13,14). The highest BCUT2D eigenvalue weighted by atomic mass is 32.2. The number of hydrogen-bond donors (Lipinski definition) is 2. The first-order chi connectivity index (χ1) is 9.44. The molecule has 20 heavy (non-hydrogen) atoms. The molecule has 10 heteroatoms. The lowest BCUT2D eigenvalue weighted by molar-refractivity contribution is -0.135. The Morgan fingerprint density at radius 2 is 2.30 bits per heavy atom. The molecule has 2 rings (SSSR count). The van der Waals surface area contributed by atoms with E-state index < -0.39 is 22.4 Å². The smallest absolute Gasteiger partial charge is 0.311 e. The zero-order chi connectivity index (χ0) is 14.8. The van der Waals surface area contributed by atoms with Crippen LogP contribution in [0.25, 0.3) is 0 Å². The van der Waals surface area contributed by atoms with E-state index in [9.17, 15) is 13.2 Å². The number of thiophene rings is 1. The monoisotopic (exact) mass is 320 g/mol. The van der Waals surface area contributed by atoms with E-state index in [0.29, 0.717) is 10.6 Å². The highest BCUT2D eigenvalue weighted by molar-refractivity contribution is 7.90. The van der Waals surface area contributed by atoms with Gasteiger partial charge in [0.25, 0.3) is 10.0 Å². The van der Waals surface area contributed by atoms with Crippen molar-refractivity contribution in [2.24, 2.45) is 4.40 Å². The van der Waals surface area contributed by atoms with E-state index in [1.807, 2.05) is 0 Å².